The first-order valence-electron chi connectivity index (χ1n) is 7.45. The second-order valence-electron chi connectivity index (χ2n) is 4.73. The average Bonchev–Trinajstić information content (AvgIpc) is 2.36. The molecular weight excluding hydrogens is 244 g/mol. The van der Waals surface area contributed by atoms with Gasteiger partial charge in [0.05, 0.1) is 0 Å². The fraction of sp³-hybridized carbons (Fsp3) is 0.929. The maximum atomic E-state index is 11.1. The monoisotopic (exact) mass is 274 g/mol. The molecule has 0 amide bonds. The SMILES string of the molecule is COCCCCCCCCCCCC(=O)O[SiH2]C. The van der Waals surface area contributed by atoms with Crippen molar-refractivity contribution in [3.63, 3.8) is 0 Å². The van der Waals surface area contributed by atoms with Crippen LogP contribution in [0.4, 0.5) is 0 Å². The Balaban J connectivity index is 3.01. The van der Waals surface area contributed by atoms with Crippen molar-refractivity contribution >= 4 is 15.7 Å². The zero-order chi connectivity index (χ0) is 13.5. The largest absolute Gasteiger partial charge is 0.525 e. The summed E-state index contributed by atoms with van der Waals surface area (Å²) in [6, 6.07) is 0. The second kappa shape index (κ2) is 14.7. The molecule has 0 radical (unpaired) electrons. The summed E-state index contributed by atoms with van der Waals surface area (Å²) >= 11 is 0. The van der Waals surface area contributed by atoms with Crippen molar-refractivity contribution in [1.29, 1.82) is 0 Å². The molecule has 0 aliphatic heterocycles. The molecule has 0 aromatic carbocycles. The predicted molar refractivity (Wildman–Crippen MR) is 78.5 cm³/mol. The van der Waals surface area contributed by atoms with Gasteiger partial charge in [0, 0.05) is 20.1 Å². The number of rotatable bonds is 13. The third-order valence-electron chi connectivity index (χ3n) is 3.03. The quantitative estimate of drug-likeness (QED) is 0.382. The zero-order valence-electron chi connectivity index (χ0n) is 12.2. The van der Waals surface area contributed by atoms with Gasteiger partial charge in [0.1, 0.15) is 0 Å². The number of hydrogen-bond acceptors (Lipinski definition) is 3. The van der Waals surface area contributed by atoms with Gasteiger partial charge in [-0.25, -0.2) is 0 Å². The molecule has 0 spiro atoms. The van der Waals surface area contributed by atoms with Crippen LogP contribution >= 0.6 is 0 Å². The first-order chi connectivity index (χ1) is 8.81. The lowest BCUT2D eigenvalue weighted by molar-refractivity contribution is -0.134. The number of carbonyl (C=O) groups is 1. The zero-order valence-corrected chi connectivity index (χ0v) is 13.6. The van der Waals surface area contributed by atoms with Gasteiger partial charge >= 0.3 is 0 Å². The molecule has 0 saturated heterocycles. The Bertz CT molecular complexity index is 186. The third-order valence-corrected chi connectivity index (χ3v) is 3.65. The van der Waals surface area contributed by atoms with Gasteiger partial charge in [-0.1, -0.05) is 44.9 Å². The lowest BCUT2D eigenvalue weighted by Crippen LogP contribution is -2.05. The Labute approximate surface area is 115 Å². The van der Waals surface area contributed by atoms with Crippen LogP contribution in [0.3, 0.4) is 0 Å². The normalized spacial score (nSPS) is 11.2. The van der Waals surface area contributed by atoms with Crippen LogP contribution in [0, 0.1) is 0 Å². The van der Waals surface area contributed by atoms with E-state index in [0.717, 1.165) is 13.0 Å². The van der Waals surface area contributed by atoms with Crippen molar-refractivity contribution in [3.8, 4) is 0 Å². The summed E-state index contributed by atoms with van der Waals surface area (Å²) in [4.78, 5) is 11.1. The minimum Gasteiger partial charge on any atom is -0.525 e. The topological polar surface area (TPSA) is 35.5 Å². The molecule has 0 heterocycles. The van der Waals surface area contributed by atoms with Gasteiger partial charge in [0.15, 0.2) is 0 Å². The van der Waals surface area contributed by atoms with Gasteiger partial charge in [-0.05, 0) is 19.4 Å². The highest BCUT2D eigenvalue weighted by Crippen LogP contribution is 2.10. The van der Waals surface area contributed by atoms with E-state index in [9.17, 15) is 4.79 Å². The summed E-state index contributed by atoms with van der Waals surface area (Å²) in [6.45, 7) is 2.89. The molecule has 3 nitrogen and oxygen atoms in total. The van der Waals surface area contributed by atoms with Crippen molar-refractivity contribution in [2.45, 2.75) is 70.8 Å². The van der Waals surface area contributed by atoms with Gasteiger partial charge in [0.2, 0.25) is 9.76 Å². The molecule has 0 aromatic rings. The summed E-state index contributed by atoms with van der Waals surface area (Å²) in [5, 5.41) is 0. The van der Waals surface area contributed by atoms with Crippen LogP contribution < -0.4 is 0 Å². The van der Waals surface area contributed by atoms with Crippen molar-refractivity contribution in [2.75, 3.05) is 13.7 Å². The Morgan fingerprint density at radius 2 is 1.39 bits per heavy atom. The molecule has 108 valence electrons. The minimum absolute atomic E-state index is 0.0160. The molecule has 4 heteroatoms. The molecule has 0 N–H and O–H groups in total. The van der Waals surface area contributed by atoms with E-state index in [4.69, 9.17) is 9.16 Å². The predicted octanol–water partition coefficient (Wildman–Crippen LogP) is 3.21. The van der Waals surface area contributed by atoms with Crippen LogP contribution in [-0.2, 0) is 14.0 Å². The molecule has 0 atom stereocenters. The van der Waals surface area contributed by atoms with E-state index in [1.165, 1.54) is 51.4 Å². The standard InChI is InChI=1S/C14H30O3Si/c1-16-13-11-9-7-5-3-4-6-8-10-12-14(15)17-18-2/h3-13,18H2,1-2H3. The number of ether oxygens (including phenoxy) is 1. The molecule has 0 aliphatic carbocycles. The highest BCUT2D eigenvalue weighted by molar-refractivity contribution is 6.28. The van der Waals surface area contributed by atoms with Crippen LogP contribution in [0.1, 0.15) is 64.2 Å². The summed E-state index contributed by atoms with van der Waals surface area (Å²) < 4.78 is 10.0. The van der Waals surface area contributed by atoms with E-state index in [0.29, 0.717) is 6.42 Å². The molecule has 0 unspecified atom stereocenters. The Morgan fingerprint density at radius 3 is 1.89 bits per heavy atom. The van der Waals surface area contributed by atoms with E-state index in [-0.39, 0.29) is 5.97 Å². The maximum Gasteiger partial charge on any atom is 0.292 e. The smallest absolute Gasteiger partial charge is 0.292 e. The number of hydrogen-bond donors (Lipinski definition) is 0. The highest BCUT2D eigenvalue weighted by atomic mass is 28.2. The van der Waals surface area contributed by atoms with Crippen LogP contribution in [0.25, 0.3) is 0 Å². The van der Waals surface area contributed by atoms with E-state index in [1.54, 1.807) is 7.11 Å². The number of unbranched alkanes of at least 4 members (excludes halogenated alkanes) is 8. The van der Waals surface area contributed by atoms with E-state index in [1.807, 2.05) is 6.55 Å². The maximum absolute atomic E-state index is 11.1. The van der Waals surface area contributed by atoms with Crippen molar-refractivity contribution in [3.05, 3.63) is 0 Å². The van der Waals surface area contributed by atoms with Gasteiger partial charge in [-0.3, -0.25) is 4.79 Å². The van der Waals surface area contributed by atoms with Crippen LogP contribution in [-0.4, -0.2) is 29.4 Å². The third kappa shape index (κ3) is 13.7. The minimum atomic E-state index is -0.552. The first kappa shape index (κ1) is 17.6. The van der Waals surface area contributed by atoms with Crippen molar-refractivity contribution in [1.82, 2.24) is 0 Å². The van der Waals surface area contributed by atoms with E-state index in [2.05, 4.69) is 0 Å². The van der Waals surface area contributed by atoms with E-state index < -0.39 is 9.76 Å². The van der Waals surface area contributed by atoms with Gasteiger partial charge in [-0.15, -0.1) is 0 Å². The molecule has 0 aliphatic rings. The number of carbonyl (C=O) groups excluding carboxylic acids is 1. The molecule has 0 rings (SSSR count). The molecule has 0 aromatic heterocycles. The van der Waals surface area contributed by atoms with Gasteiger partial charge < -0.3 is 9.16 Å². The van der Waals surface area contributed by atoms with Crippen molar-refractivity contribution < 1.29 is 14.0 Å². The summed E-state index contributed by atoms with van der Waals surface area (Å²) in [5.41, 5.74) is 0. The van der Waals surface area contributed by atoms with Crippen LogP contribution in [0.2, 0.25) is 6.55 Å². The Morgan fingerprint density at radius 1 is 0.889 bits per heavy atom. The Hall–Kier alpha value is -0.353. The Kier molecular flexibility index (Phi) is 14.4. The number of methoxy groups -OCH3 is 1. The molecular formula is C14H30O3Si. The summed E-state index contributed by atoms with van der Waals surface area (Å²) in [7, 11) is 1.21. The molecule has 0 saturated carbocycles. The van der Waals surface area contributed by atoms with Crippen molar-refractivity contribution in [2.24, 2.45) is 0 Å². The average molecular weight is 274 g/mol. The molecule has 18 heavy (non-hydrogen) atoms. The van der Waals surface area contributed by atoms with E-state index >= 15 is 0 Å². The van der Waals surface area contributed by atoms with Crippen LogP contribution in [0.15, 0.2) is 0 Å². The van der Waals surface area contributed by atoms with Gasteiger partial charge in [-0.2, -0.15) is 0 Å². The fourth-order valence-corrected chi connectivity index (χ4v) is 2.45. The van der Waals surface area contributed by atoms with Crippen LogP contribution in [0.5, 0.6) is 0 Å². The lowest BCUT2D eigenvalue weighted by Gasteiger charge is -2.03. The summed E-state index contributed by atoms with van der Waals surface area (Å²) in [6.07, 6.45) is 11.9. The molecule has 0 fully saturated rings. The second-order valence-corrected chi connectivity index (χ2v) is 5.60. The fourth-order valence-electron chi connectivity index (χ4n) is 1.99. The first-order valence-corrected chi connectivity index (χ1v) is 9.45. The molecule has 0 bridgehead atoms. The lowest BCUT2D eigenvalue weighted by atomic mass is 10.1. The van der Waals surface area contributed by atoms with Gasteiger partial charge in [0.25, 0.3) is 5.97 Å². The highest BCUT2D eigenvalue weighted by Gasteiger charge is 2.00. The summed E-state index contributed by atoms with van der Waals surface area (Å²) in [5.74, 6) is 0.0160.